The lowest BCUT2D eigenvalue weighted by Crippen LogP contribution is -2.46. The molecule has 1 aliphatic heterocycles. The summed E-state index contributed by atoms with van der Waals surface area (Å²) in [6.45, 7) is 6.51. The van der Waals surface area contributed by atoms with Gasteiger partial charge >= 0.3 is 0 Å². The molecule has 3 heteroatoms. The topological polar surface area (TPSA) is 37.4 Å². The second-order valence-electron chi connectivity index (χ2n) is 6.11. The molecule has 1 amide bonds. The van der Waals surface area contributed by atoms with Crippen LogP contribution in [0.15, 0.2) is 0 Å². The Hall–Kier alpha value is -1.30. The van der Waals surface area contributed by atoms with Gasteiger partial charge in [-0.2, -0.15) is 0 Å². The molecule has 3 nitrogen and oxygen atoms in total. The first-order chi connectivity index (χ1) is 8.45. The van der Waals surface area contributed by atoms with Crippen molar-refractivity contribution in [3.05, 3.63) is 0 Å². The summed E-state index contributed by atoms with van der Waals surface area (Å²) in [4.78, 5) is 24.2. The number of fused-ring (bicyclic) bond motifs is 2. The number of hydrogen-bond acceptors (Lipinski definition) is 2. The smallest absolute Gasteiger partial charge is 0.238 e. The number of piperidine rings is 1. The predicted molar refractivity (Wildman–Crippen MR) is 69.4 cm³/mol. The fraction of sp³-hybridized carbons (Fsp3) is 0.733. The molecule has 2 atom stereocenters. The molecule has 0 aromatic rings. The van der Waals surface area contributed by atoms with Crippen LogP contribution in [0.1, 0.15) is 52.9 Å². The molecule has 0 unspecified atom stereocenters. The first kappa shape index (κ1) is 13.1. The van der Waals surface area contributed by atoms with Gasteiger partial charge < -0.3 is 4.79 Å². The number of rotatable bonds is 3. The number of likely N-dealkylation sites (tertiary alicyclic amines) is 1. The van der Waals surface area contributed by atoms with Crippen molar-refractivity contribution in [2.45, 2.75) is 58.4 Å². The van der Waals surface area contributed by atoms with Gasteiger partial charge in [-0.25, -0.2) is 0 Å². The highest BCUT2D eigenvalue weighted by Crippen LogP contribution is 2.59. The Morgan fingerprint density at radius 2 is 2.17 bits per heavy atom. The Bertz CT molecular complexity index is 430. The summed E-state index contributed by atoms with van der Waals surface area (Å²) in [5.74, 6) is 3.36. The SMILES string of the molecule is CC1(C)[C@@H]2CC[C@@]1(C)N(C#CCCCC=O)C2=O. The summed E-state index contributed by atoms with van der Waals surface area (Å²) in [6.07, 6.45) is 4.96. The second kappa shape index (κ2) is 4.42. The van der Waals surface area contributed by atoms with Crippen LogP contribution in [0.5, 0.6) is 0 Å². The summed E-state index contributed by atoms with van der Waals surface area (Å²) >= 11 is 0. The maximum Gasteiger partial charge on any atom is 0.238 e. The Balaban J connectivity index is 2.10. The minimum absolute atomic E-state index is 0.0154. The van der Waals surface area contributed by atoms with Gasteiger partial charge in [0.1, 0.15) is 6.29 Å². The summed E-state index contributed by atoms with van der Waals surface area (Å²) < 4.78 is 0. The van der Waals surface area contributed by atoms with E-state index in [4.69, 9.17) is 0 Å². The number of carbonyl (C=O) groups is 2. The molecular formula is C15H21NO2. The van der Waals surface area contributed by atoms with E-state index in [2.05, 4.69) is 32.7 Å². The van der Waals surface area contributed by atoms with Gasteiger partial charge in [0.2, 0.25) is 5.91 Å². The van der Waals surface area contributed by atoms with E-state index >= 15 is 0 Å². The van der Waals surface area contributed by atoms with Gasteiger partial charge in [0.15, 0.2) is 0 Å². The van der Waals surface area contributed by atoms with E-state index < -0.39 is 0 Å². The monoisotopic (exact) mass is 247 g/mol. The Kier molecular flexibility index (Phi) is 3.23. The normalized spacial score (nSPS) is 32.3. The molecule has 2 bridgehead atoms. The Morgan fingerprint density at radius 3 is 2.72 bits per heavy atom. The van der Waals surface area contributed by atoms with E-state index in [1.54, 1.807) is 4.90 Å². The molecule has 1 aliphatic carbocycles. The van der Waals surface area contributed by atoms with Crippen LogP contribution in [0.4, 0.5) is 0 Å². The summed E-state index contributed by atoms with van der Waals surface area (Å²) in [7, 11) is 0. The third-order valence-corrected chi connectivity index (χ3v) is 5.01. The molecule has 1 saturated carbocycles. The van der Waals surface area contributed by atoms with Crippen molar-refractivity contribution < 1.29 is 9.59 Å². The maximum absolute atomic E-state index is 12.3. The molecule has 2 fully saturated rings. The molecule has 0 aromatic heterocycles. The van der Waals surface area contributed by atoms with Crippen molar-refractivity contribution in [2.75, 3.05) is 0 Å². The van der Waals surface area contributed by atoms with Crippen molar-refractivity contribution in [2.24, 2.45) is 11.3 Å². The zero-order valence-electron chi connectivity index (χ0n) is 11.5. The van der Waals surface area contributed by atoms with E-state index in [1.807, 2.05) is 0 Å². The number of unbranched alkanes of at least 4 members (excludes halogenated alkanes) is 2. The van der Waals surface area contributed by atoms with Gasteiger partial charge in [-0.15, -0.1) is 0 Å². The van der Waals surface area contributed by atoms with Crippen LogP contribution in [0, 0.1) is 23.3 Å². The van der Waals surface area contributed by atoms with Crippen LogP contribution in [-0.2, 0) is 9.59 Å². The average Bonchev–Trinajstić information content (AvgIpc) is 2.61. The van der Waals surface area contributed by atoms with Gasteiger partial charge in [-0.05, 0) is 26.2 Å². The molecule has 2 aliphatic rings. The molecule has 2 rings (SSSR count). The fourth-order valence-electron chi connectivity index (χ4n) is 3.30. The lowest BCUT2D eigenvalue weighted by atomic mass is 9.75. The third kappa shape index (κ3) is 1.67. The van der Waals surface area contributed by atoms with Crippen molar-refractivity contribution in [3.63, 3.8) is 0 Å². The van der Waals surface area contributed by atoms with Crippen LogP contribution < -0.4 is 0 Å². The van der Waals surface area contributed by atoms with Gasteiger partial charge in [0.25, 0.3) is 0 Å². The number of hydrogen-bond donors (Lipinski definition) is 0. The maximum atomic E-state index is 12.3. The molecule has 18 heavy (non-hydrogen) atoms. The Labute approximate surface area is 109 Å². The van der Waals surface area contributed by atoms with Crippen LogP contribution in [0.3, 0.4) is 0 Å². The van der Waals surface area contributed by atoms with Crippen molar-refractivity contribution >= 4 is 12.2 Å². The van der Waals surface area contributed by atoms with Crippen LogP contribution in [-0.4, -0.2) is 22.6 Å². The highest BCUT2D eigenvalue weighted by molar-refractivity contribution is 5.86. The number of aldehydes is 1. The van der Waals surface area contributed by atoms with Crippen LogP contribution in [0.25, 0.3) is 0 Å². The van der Waals surface area contributed by atoms with Gasteiger partial charge in [0, 0.05) is 30.2 Å². The van der Waals surface area contributed by atoms with E-state index in [0.29, 0.717) is 12.8 Å². The van der Waals surface area contributed by atoms with Crippen LogP contribution >= 0.6 is 0 Å². The lowest BCUT2D eigenvalue weighted by molar-refractivity contribution is -0.132. The molecule has 0 aromatic carbocycles. The molecule has 1 heterocycles. The zero-order chi connectivity index (χ0) is 13.4. The third-order valence-electron chi connectivity index (χ3n) is 5.01. The Morgan fingerprint density at radius 1 is 1.44 bits per heavy atom. The molecular weight excluding hydrogens is 226 g/mol. The van der Waals surface area contributed by atoms with Crippen molar-refractivity contribution in [1.82, 2.24) is 4.90 Å². The van der Waals surface area contributed by atoms with E-state index in [1.165, 1.54) is 0 Å². The molecule has 0 spiro atoms. The second-order valence-corrected chi connectivity index (χ2v) is 6.11. The van der Waals surface area contributed by atoms with E-state index in [9.17, 15) is 9.59 Å². The quantitative estimate of drug-likeness (QED) is 0.436. The van der Waals surface area contributed by atoms with E-state index in [-0.39, 0.29) is 22.8 Å². The minimum Gasteiger partial charge on any atom is -0.303 e. The largest absolute Gasteiger partial charge is 0.303 e. The predicted octanol–water partition coefficient (Wildman–Crippen LogP) is 2.35. The number of nitrogens with zero attached hydrogens (tertiary/aromatic N) is 1. The number of carbonyl (C=O) groups excluding carboxylic acids is 2. The lowest BCUT2D eigenvalue weighted by Gasteiger charge is -2.37. The van der Waals surface area contributed by atoms with Gasteiger partial charge in [0.05, 0.1) is 5.54 Å². The summed E-state index contributed by atoms with van der Waals surface area (Å²) in [5.41, 5.74) is -0.103. The van der Waals surface area contributed by atoms with Crippen LogP contribution in [0.2, 0.25) is 0 Å². The fourth-order valence-corrected chi connectivity index (χ4v) is 3.30. The van der Waals surface area contributed by atoms with E-state index in [0.717, 1.165) is 25.5 Å². The molecule has 0 N–H and O–H groups in total. The van der Waals surface area contributed by atoms with Gasteiger partial charge in [-0.3, -0.25) is 9.69 Å². The molecule has 98 valence electrons. The first-order valence-corrected chi connectivity index (χ1v) is 6.71. The molecule has 0 radical (unpaired) electrons. The first-order valence-electron chi connectivity index (χ1n) is 6.71. The highest BCUT2D eigenvalue weighted by Gasteiger charge is 2.65. The van der Waals surface area contributed by atoms with Crippen molar-refractivity contribution in [1.29, 1.82) is 0 Å². The average molecular weight is 247 g/mol. The minimum atomic E-state index is -0.119. The van der Waals surface area contributed by atoms with Crippen molar-refractivity contribution in [3.8, 4) is 12.0 Å². The standard InChI is InChI=1S/C15H21NO2/c1-14(2)12-8-9-15(14,3)16(13(12)18)10-6-4-5-7-11-17/h11-12H,4-5,7-9H2,1-3H3/t12-,15-/m1/s1. The summed E-state index contributed by atoms with van der Waals surface area (Å²) in [6, 6.07) is 3.04. The summed E-state index contributed by atoms with van der Waals surface area (Å²) in [5, 5.41) is 0. The highest BCUT2D eigenvalue weighted by atomic mass is 16.2. The number of amides is 1. The van der Waals surface area contributed by atoms with Gasteiger partial charge in [-0.1, -0.05) is 19.8 Å². The zero-order valence-corrected chi connectivity index (χ0v) is 11.5. The molecule has 1 saturated heterocycles.